The van der Waals surface area contributed by atoms with Crippen molar-refractivity contribution < 1.29 is 27.5 Å². The van der Waals surface area contributed by atoms with Crippen LogP contribution in [-0.4, -0.2) is 50.3 Å². The third kappa shape index (κ3) is 4.54. The maximum atomic E-state index is 13.7. The van der Waals surface area contributed by atoms with E-state index in [9.17, 15) is 32.3 Å². The van der Waals surface area contributed by atoms with Crippen LogP contribution in [0.25, 0.3) is 10.9 Å². The molecule has 1 saturated carbocycles. The van der Waals surface area contributed by atoms with Gasteiger partial charge in [-0.3, -0.25) is 14.2 Å². The molecule has 1 aliphatic carbocycles. The Balaban J connectivity index is 1.62. The highest BCUT2D eigenvalue weighted by Gasteiger charge is 2.56. The number of aromatic nitrogens is 2. The number of carbonyl (C=O) groups is 1. The van der Waals surface area contributed by atoms with Gasteiger partial charge in [-0.2, -0.15) is 13.2 Å². The first-order valence-electron chi connectivity index (χ1n) is 11.3. The SMILES string of the molecule is C[C@H](CC(F)(F)F)C(=O)N1CCC(O)(Cn2cnc3cc(F)c(Cl)cc3c2=O)C2(CCCC2)C1. The van der Waals surface area contributed by atoms with Gasteiger partial charge in [0.2, 0.25) is 5.91 Å². The van der Waals surface area contributed by atoms with Gasteiger partial charge in [-0.1, -0.05) is 31.4 Å². The van der Waals surface area contributed by atoms with Gasteiger partial charge in [-0.05, 0) is 25.3 Å². The van der Waals surface area contributed by atoms with Gasteiger partial charge in [0.1, 0.15) is 5.82 Å². The van der Waals surface area contributed by atoms with E-state index in [-0.39, 0.29) is 42.0 Å². The average Bonchev–Trinajstić information content (AvgIpc) is 3.22. The summed E-state index contributed by atoms with van der Waals surface area (Å²) < 4.78 is 53.4. The molecule has 4 rings (SSSR count). The number of benzene rings is 1. The molecule has 1 aromatic carbocycles. The number of piperidine rings is 1. The minimum absolute atomic E-state index is 0.0894. The first kappa shape index (κ1) is 24.9. The predicted molar refractivity (Wildman–Crippen MR) is 118 cm³/mol. The van der Waals surface area contributed by atoms with E-state index in [0.29, 0.717) is 12.8 Å². The van der Waals surface area contributed by atoms with Crippen LogP contribution in [0.2, 0.25) is 5.02 Å². The summed E-state index contributed by atoms with van der Waals surface area (Å²) in [4.78, 5) is 31.4. The van der Waals surface area contributed by atoms with Crippen LogP contribution in [0.15, 0.2) is 23.3 Å². The number of likely N-dealkylation sites (tertiary alicyclic amines) is 1. The van der Waals surface area contributed by atoms with Crippen molar-refractivity contribution in [1.82, 2.24) is 14.5 Å². The topological polar surface area (TPSA) is 75.4 Å². The van der Waals surface area contributed by atoms with Gasteiger partial charge in [-0.25, -0.2) is 9.37 Å². The van der Waals surface area contributed by atoms with Gasteiger partial charge in [-0.15, -0.1) is 0 Å². The van der Waals surface area contributed by atoms with Crippen LogP contribution >= 0.6 is 11.6 Å². The van der Waals surface area contributed by atoms with Gasteiger partial charge in [0, 0.05) is 30.5 Å². The van der Waals surface area contributed by atoms with E-state index in [1.807, 2.05) is 0 Å². The van der Waals surface area contributed by atoms with Gasteiger partial charge in [0.25, 0.3) is 5.56 Å². The minimum atomic E-state index is -4.44. The monoisotopic (exact) mass is 503 g/mol. The molecule has 0 bridgehead atoms. The Hall–Kier alpha value is -2.20. The fourth-order valence-electron chi connectivity index (χ4n) is 5.58. The average molecular weight is 504 g/mol. The van der Waals surface area contributed by atoms with Crippen molar-refractivity contribution in [3.8, 4) is 0 Å². The smallest absolute Gasteiger partial charge is 0.387 e. The van der Waals surface area contributed by atoms with Crippen LogP contribution in [0, 0.1) is 17.2 Å². The number of aliphatic hydroxyl groups is 1. The van der Waals surface area contributed by atoms with Crippen LogP contribution in [0.4, 0.5) is 17.6 Å². The lowest BCUT2D eigenvalue weighted by Crippen LogP contribution is -2.62. The Morgan fingerprint density at radius 2 is 1.94 bits per heavy atom. The molecular weight excluding hydrogens is 478 g/mol. The van der Waals surface area contributed by atoms with Crippen LogP contribution in [0.5, 0.6) is 0 Å². The molecule has 1 aromatic heterocycles. The van der Waals surface area contributed by atoms with E-state index in [0.717, 1.165) is 18.9 Å². The summed E-state index contributed by atoms with van der Waals surface area (Å²) in [5.41, 5.74) is -2.44. The highest BCUT2D eigenvalue weighted by Crippen LogP contribution is 2.51. The largest absolute Gasteiger partial charge is 0.389 e. The number of fused-ring (bicyclic) bond motifs is 1. The molecule has 2 aliphatic rings. The van der Waals surface area contributed by atoms with Crippen LogP contribution in [0.1, 0.15) is 45.4 Å². The third-order valence-corrected chi connectivity index (χ3v) is 7.70. The fraction of sp³-hybridized carbons (Fsp3) is 0.609. The van der Waals surface area contributed by atoms with Gasteiger partial charge in [0.05, 0.1) is 40.8 Å². The molecule has 1 saturated heterocycles. The number of hydrogen-bond acceptors (Lipinski definition) is 4. The lowest BCUT2D eigenvalue weighted by atomic mass is 9.65. The highest BCUT2D eigenvalue weighted by molar-refractivity contribution is 6.31. The maximum Gasteiger partial charge on any atom is 0.389 e. The molecule has 2 fully saturated rings. The Bertz CT molecular complexity index is 1160. The zero-order chi connectivity index (χ0) is 24.9. The number of rotatable bonds is 4. The van der Waals surface area contributed by atoms with Crippen LogP contribution < -0.4 is 5.56 Å². The quantitative estimate of drug-likeness (QED) is 0.631. The predicted octanol–water partition coefficient (Wildman–Crippen LogP) is 4.30. The molecule has 186 valence electrons. The maximum absolute atomic E-state index is 13.7. The molecule has 0 radical (unpaired) electrons. The molecule has 2 aromatic rings. The Kier molecular flexibility index (Phi) is 6.44. The second-order valence-corrected chi connectivity index (χ2v) is 10.1. The van der Waals surface area contributed by atoms with Crippen molar-refractivity contribution in [2.24, 2.45) is 11.3 Å². The first-order chi connectivity index (χ1) is 15.8. The van der Waals surface area contributed by atoms with E-state index in [1.54, 1.807) is 0 Å². The lowest BCUT2D eigenvalue weighted by Gasteiger charge is -2.52. The van der Waals surface area contributed by atoms with Crippen molar-refractivity contribution in [3.05, 3.63) is 39.7 Å². The van der Waals surface area contributed by atoms with E-state index < -0.39 is 46.8 Å². The second kappa shape index (κ2) is 8.78. The summed E-state index contributed by atoms with van der Waals surface area (Å²) in [6.07, 6.45) is -1.47. The summed E-state index contributed by atoms with van der Waals surface area (Å²) in [6, 6.07) is 2.28. The number of alkyl halides is 3. The van der Waals surface area contributed by atoms with E-state index in [2.05, 4.69) is 4.98 Å². The molecule has 1 N–H and O–H groups in total. The van der Waals surface area contributed by atoms with E-state index >= 15 is 0 Å². The van der Waals surface area contributed by atoms with E-state index in [1.165, 1.54) is 28.8 Å². The molecule has 11 heteroatoms. The van der Waals surface area contributed by atoms with Crippen molar-refractivity contribution in [3.63, 3.8) is 0 Å². The number of halogens is 5. The number of amides is 1. The molecular formula is C23H26ClF4N3O3. The van der Waals surface area contributed by atoms with Crippen molar-refractivity contribution in [2.75, 3.05) is 13.1 Å². The Morgan fingerprint density at radius 1 is 1.26 bits per heavy atom. The molecule has 2 heterocycles. The van der Waals surface area contributed by atoms with Gasteiger partial charge in [0.15, 0.2) is 0 Å². The minimum Gasteiger partial charge on any atom is -0.387 e. The fourth-order valence-corrected chi connectivity index (χ4v) is 5.74. The molecule has 2 atom stereocenters. The van der Waals surface area contributed by atoms with E-state index in [4.69, 9.17) is 11.6 Å². The van der Waals surface area contributed by atoms with Crippen LogP contribution in [0.3, 0.4) is 0 Å². The zero-order valence-electron chi connectivity index (χ0n) is 18.7. The molecule has 1 spiro atoms. The molecule has 34 heavy (non-hydrogen) atoms. The van der Waals surface area contributed by atoms with Crippen molar-refractivity contribution >= 4 is 28.4 Å². The summed E-state index contributed by atoms with van der Waals surface area (Å²) in [5, 5.41) is 11.7. The highest BCUT2D eigenvalue weighted by atomic mass is 35.5. The van der Waals surface area contributed by atoms with Crippen molar-refractivity contribution in [2.45, 2.75) is 63.8 Å². The number of hydrogen-bond donors (Lipinski definition) is 1. The molecule has 6 nitrogen and oxygen atoms in total. The van der Waals surface area contributed by atoms with Gasteiger partial charge >= 0.3 is 6.18 Å². The summed E-state index contributed by atoms with van der Waals surface area (Å²) in [7, 11) is 0. The number of nitrogens with zero attached hydrogens (tertiary/aromatic N) is 3. The second-order valence-electron chi connectivity index (χ2n) is 9.71. The summed E-state index contributed by atoms with van der Waals surface area (Å²) >= 11 is 5.83. The van der Waals surface area contributed by atoms with Gasteiger partial charge < -0.3 is 10.0 Å². The molecule has 1 unspecified atom stereocenters. The third-order valence-electron chi connectivity index (χ3n) is 7.41. The number of carbonyl (C=O) groups excluding carboxylic acids is 1. The van der Waals surface area contributed by atoms with Crippen molar-refractivity contribution in [1.29, 1.82) is 0 Å². The normalized spacial score (nSPS) is 23.6. The zero-order valence-corrected chi connectivity index (χ0v) is 19.4. The molecule has 1 aliphatic heterocycles. The Labute approximate surface area is 198 Å². The van der Waals surface area contributed by atoms with Crippen LogP contribution in [-0.2, 0) is 11.3 Å². The summed E-state index contributed by atoms with van der Waals surface area (Å²) in [6.45, 7) is 1.40. The Morgan fingerprint density at radius 3 is 2.59 bits per heavy atom. The summed E-state index contributed by atoms with van der Waals surface area (Å²) in [5.74, 6) is -2.48. The molecule has 1 amide bonds. The standard InChI is InChI=1S/C23H26ClF4N3O3/c1-14(10-23(26,27)28)19(32)30-7-6-22(34,21(11-30)4-2-3-5-21)12-31-13-29-18-9-17(25)16(24)8-15(18)20(31)33/h8-9,13-14,34H,2-7,10-12H2,1H3/t14-,22?/m1/s1. The first-order valence-corrected chi connectivity index (χ1v) is 11.6. The lowest BCUT2D eigenvalue weighted by molar-refractivity contribution is -0.172.